The number of anilines is 1. The van der Waals surface area contributed by atoms with Gasteiger partial charge in [0.25, 0.3) is 10.0 Å². The van der Waals surface area contributed by atoms with Crippen LogP contribution in [0.4, 0.5) is 5.69 Å². The minimum atomic E-state index is -3.95. The van der Waals surface area contributed by atoms with E-state index < -0.39 is 10.0 Å². The highest BCUT2D eigenvalue weighted by Crippen LogP contribution is 2.33. The standard InChI is InChI=1S/C22H15Cl4N3O3S/c1-13-8-16(4-5-18(13)24)29-12-17(11-27-29)32-21-6-3-15(10-19(21)25)28-33(30,31)22-7-2-14(23)9-20(22)26/h2-12,28H,1H3. The molecule has 1 N–H and O–H groups in total. The van der Waals surface area contributed by atoms with E-state index in [4.69, 9.17) is 51.1 Å². The Labute approximate surface area is 210 Å². The minimum Gasteiger partial charge on any atom is -0.452 e. The average molecular weight is 543 g/mol. The van der Waals surface area contributed by atoms with Gasteiger partial charge in [-0.1, -0.05) is 46.4 Å². The SMILES string of the molecule is Cc1cc(-n2cc(Oc3ccc(NS(=O)(=O)c4ccc(Cl)cc4Cl)cc3Cl)cn2)ccc1Cl. The molecule has 4 rings (SSSR count). The van der Waals surface area contributed by atoms with Gasteiger partial charge in [-0.05, 0) is 67.1 Å². The van der Waals surface area contributed by atoms with Gasteiger partial charge in [-0.2, -0.15) is 5.10 Å². The predicted octanol–water partition coefficient (Wildman–Crippen LogP) is 7.39. The van der Waals surface area contributed by atoms with Crippen molar-refractivity contribution >= 4 is 62.1 Å². The predicted molar refractivity (Wildman–Crippen MR) is 132 cm³/mol. The number of hydrogen-bond donors (Lipinski definition) is 1. The summed E-state index contributed by atoms with van der Waals surface area (Å²) in [6.07, 6.45) is 3.23. The van der Waals surface area contributed by atoms with Gasteiger partial charge >= 0.3 is 0 Å². The van der Waals surface area contributed by atoms with Gasteiger partial charge in [-0.3, -0.25) is 4.72 Å². The third-order valence-electron chi connectivity index (χ3n) is 4.56. The van der Waals surface area contributed by atoms with Crippen molar-refractivity contribution in [3.63, 3.8) is 0 Å². The molecule has 0 unspecified atom stereocenters. The zero-order valence-corrected chi connectivity index (χ0v) is 20.7. The van der Waals surface area contributed by atoms with Crippen molar-refractivity contribution in [2.75, 3.05) is 4.72 Å². The third kappa shape index (κ3) is 5.39. The van der Waals surface area contributed by atoms with Gasteiger partial charge in [0.1, 0.15) is 10.6 Å². The highest BCUT2D eigenvalue weighted by molar-refractivity contribution is 7.92. The van der Waals surface area contributed by atoms with Crippen molar-refractivity contribution in [2.24, 2.45) is 0 Å². The Bertz CT molecular complexity index is 1460. The number of hydrogen-bond acceptors (Lipinski definition) is 4. The monoisotopic (exact) mass is 541 g/mol. The van der Waals surface area contributed by atoms with Crippen LogP contribution >= 0.6 is 46.4 Å². The van der Waals surface area contributed by atoms with Crippen LogP contribution < -0.4 is 9.46 Å². The van der Waals surface area contributed by atoms with Crippen molar-refractivity contribution in [3.05, 3.63) is 92.6 Å². The van der Waals surface area contributed by atoms with Crippen molar-refractivity contribution in [2.45, 2.75) is 11.8 Å². The number of halogens is 4. The summed E-state index contributed by atoms with van der Waals surface area (Å²) in [6, 6.07) is 14.2. The Balaban J connectivity index is 1.51. The maximum atomic E-state index is 12.7. The second-order valence-corrected chi connectivity index (χ2v) is 10.3. The molecule has 4 aromatic rings. The summed E-state index contributed by atoms with van der Waals surface area (Å²) < 4.78 is 35.2. The van der Waals surface area contributed by atoms with Crippen LogP contribution in [-0.2, 0) is 10.0 Å². The Hall–Kier alpha value is -2.42. The van der Waals surface area contributed by atoms with E-state index in [1.165, 1.54) is 30.3 Å². The lowest BCUT2D eigenvalue weighted by atomic mass is 10.2. The Morgan fingerprint density at radius 3 is 2.39 bits per heavy atom. The fourth-order valence-electron chi connectivity index (χ4n) is 2.95. The van der Waals surface area contributed by atoms with Gasteiger partial charge in [-0.25, -0.2) is 13.1 Å². The van der Waals surface area contributed by atoms with E-state index in [9.17, 15) is 8.42 Å². The summed E-state index contributed by atoms with van der Waals surface area (Å²) in [4.78, 5) is -0.102. The van der Waals surface area contributed by atoms with Gasteiger partial charge in [0.05, 0.1) is 33.8 Å². The highest BCUT2D eigenvalue weighted by Gasteiger charge is 2.19. The van der Waals surface area contributed by atoms with Crippen molar-refractivity contribution in [1.29, 1.82) is 0 Å². The molecule has 170 valence electrons. The number of nitrogens with zero attached hydrogens (tertiary/aromatic N) is 2. The minimum absolute atomic E-state index is 0.00828. The van der Waals surface area contributed by atoms with E-state index in [0.29, 0.717) is 21.5 Å². The second kappa shape index (κ2) is 9.44. The molecule has 6 nitrogen and oxygen atoms in total. The Kier molecular flexibility index (Phi) is 6.79. The Morgan fingerprint density at radius 2 is 1.70 bits per heavy atom. The first-order valence-corrected chi connectivity index (χ1v) is 12.4. The average Bonchev–Trinajstić information content (AvgIpc) is 3.20. The van der Waals surface area contributed by atoms with Crippen LogP contribution in [0.25, 0.3) is 5.69 Å². The van der Waals surface area contributed by atoms with Crippen LogP contribution in [0.3, 0.4) is 0 Å². The van der Waals surface area contributed by atoms with Gasteiger partial charge in [0.15, 0.2) is 5.75 Å². The van der Waals surface area contributed by atoms with E-state index in [2.05, 4.69) is 9.82 Å². The van der Waals surface area contributed by atoms with Gasteiger partial charge in [0.2, 0.25) is 0 Å². The summed E-state index contributed by atoms with van der Waals surface area (Å²) in [6.45, 7) is 1.91. The third-order valence-corrected chi connectivity index (χ3v) is 7.38. The molecule has 3 aromatic carbocycles. The fourth-order valence-corrected chi connectivity index (χ4v) is 5.11. The van der Waals surface area contributed by atoms with Crippen LogP contribution in [0, 0.1) is 6.92 Å². The molecule has 1 heterocycles. The number of nitrogens with one attached hydrogen (secondary N) is 1. The maximum Gasteiger partial charge on any atom is 0.263 e. The molecule has 0 amide bonds. The zero-order chi connectivity index (χ0) is 23.8. The molecule has 0 fully saturated rings. The van der Waals surface area contributed by atoms with E-state index in [0.717, 1.165) is 11.3 Å². The molecule has 0 aliphatic carbocycles. The highest BCUT2D eigenvalue weighted by atomic mass is 35.5. The molecule has 0 saturated carbocycles. The molecular weight excluding hydrogens is 528 g/mol. The first-order chi connectivity index (χ1) is 15.6. The summed E-state index contributed by atoms with van der Waals surface area (Å²) in [5.41, 5.74) is 1.99. The zero-order valence-electron chi connectivity index (χ0n) is 16.9. The summed E-state index contributed by atoms with van der Waals surface area (Å²) >= 11 is 24.3. The van der Waals surface area contributed by atoms with E-state index in [-0.39, 0.29) is 20.6 Å². The van der Waals surface area contributed by atoms with E-state index >= 15 is 0 Å². The molecule has 1 aromatic heterocycles. The Morgan fingerprint density at radius 1 is 0.909 bits per heavy atom. The van der Waals surface area contributed by atoms with Gasteiger partial charge in [0, 0.05) is 10.0 Å². The van der Waals surface area contributed by atoms with Crippen LogP contribution in [0.1, 0.15) is 5.56 Å². The quantitative estimate of drug-likeness (QED) is 0.275. The molecule has 0 aliphatic heterocycles. The maximum absolute atomic E-state index is 12.7. The number of ether oxygens (including phenoxy) is 1. The van der Waals surface area contributed by atoms with Crippen LogP contribution in [0.5, 0.6) is 11.5 Å². The molecule has 33 heavy (non-hydrogen) atoms. The second-order valence-electron chi connectivity index (χ2n) is 6.98. The van der Waals surface area contributed by atoms with Gasteiger partial charge < -0.3 is 4.74 Å². The summed E-state index contributed by atoms with van der Waals surface area (Å²) in [5, 5.41) is 5.50. The molecule has 0 bridgehead atoms. The topological polar surface area (TPSA) is 73.2 Å². The number of benzene rings is 3. The number of rotatable bonds is 6. The van der Waals surface area contributed by atoms with Crippen LogP contribution in [-0.4, -0.2) is 18.2 Å². The van der Waals surface area contributed by atoms with Crippen LogP contribution in [0.2, 0.25) is 20.1 Å². The summed E-state index contributed by atoms with van der Waals surface area (Å²) in [5.74, 6) is 0.779. The van der Waals surface area contributed by atoms with E-state index in [1.54, 1.807) is 29.2 Å². The lowest BCUT2D eigenvalue weighted by Gasteiger charge is -2.11. The summed E-state index contributed by atoms with van der Waals surface area (Å²) in [7, 11) is -3.95. The molecule has 0 aliphatic rings. The lowest BCUT2D eigenvalue weighted by Crippen LogP contribution is -2.13. The number of sulfonamides is 1. The molecule has 0 radical (unpaired) electrons. The number of aromatic nitrogens is 2. The number of aryl methyl sites for hydroxylation is 1. The van der Waals surface area contributed by atoms with Crippen LogP contribution in [0.15, 0.2) is 71.9 Å². The smallest absolute Gasteiger partial charge is 0.263 e. The van der Waals surface area contributed by atoms with Crippen molar-refractivity contribution in [3.8, 4) is 17.2 Å². The van der Waals surface area contributed by atoms with Crippen molar-refractivity contribution < 1.29 is 13.2 Å². The largest absolute Gasteiger partial charge is 0.452 e. The molecule has 0 atom stereocenters. The molecule has 0 saturated heterocycles. The van der Waals surface area contributed by atoms with Crippen molar-refractivity contribution in [1.82, 2.24) is 9.78 Å². The lowest BCUT2D eigenvalue weighted by molar-refractivity contribution is 0.483. The first kappa shape index (κ1) is 23.7. The molecular formula is C22H15Cl4N3O3S. The van der Waals surface area contributed by atoms with Gasteiger partial charge in [-0.15, -0.1) is 0 Å². The van der Waals surface area contributed by atoms with E-state index in [1.807, 2.05) is 19.1 Å². The fraction of sp³-hybridized carbons (Fsp3) is 0.0455. The molecule has 0 spiro atoms. The normalized spacial score (nSPS) is 11.4. The first-order valence-electron chi connectivity index (χ1n) is 9.39. The molecule has 11 heteroatoms.